The first-order valence-corrected chi connectivity index (χ1v) is 5.84. The summed E-state index contributed by atoms with van der Waals surface area (Å²) < 4.78 is 15.2. The Morgan fingerprint density at radius 2 is 1.73 bits per heavy atom. The third kappa shape index (κ3) is 2.96. The summed E-state index contributed by atoms with van der Waals surface area (Å²) >= 11 is 0. The van der Waals surface area contributed by atoms with Crippen molar-refractivity contribution >= 4 is 7.60 Å². The van der Waals surface area contributed by atoms with E-state index in [1.807, 2.05) is 0 Å². The van der Waals surface area contributed by atoms with Gasteiger partial charge in [0, 0.05) is 6.42 Å². The van der Waals surface area contributed by atoms with E-state index in [2.05, 4.69) is 4.74 Å². The predicted octanol–water partition coefficient (Wildman–Crippen LogP) is -2.69. The summed E-state index contributed by atoms with van der Waals surface area (Å²) in [5.74, 6) is -1.99. The van der Waals surface area contributed by atoms with Gasteiger partial charge in [-0.15, -0.1) is 0 Å². The molecule has 1 aliphatic rings. The van der Waals surface area contributed by atoms with E-state index in [1.54, 1.807) is 0 Å². The molecule has 15 heavy (non-hydrogen) atoms. The molecule has 1 rings (SSSR count). The van der Waals surface area contributed by atoms with E-state index in [0.29, 0.717) is 0 Å². The van der Waals surface area contributed by atoms with Gasteiger partial charge in [-0.2, -0.15) is 0 Å². The second kappa shape index (κ2) is 4.44. The highest BCUT2D eigenvalue weighted by atomic mass is 31.2. The van der Waals surface area contributed by atoms with Crippen LogP contribution in [0.5, 0.6) is 0 Å². The number of aliphatic hydroxyl groups is 4. The van der Waals surface area contributed by atoms with Crippen LogP contribution in [0, 0.1) is 0 Å². The van der Waals surface area contributed by atoms with E-state index in [1.165, 1.54) is 0 Å². The minimum atomic E-state index is -4.67. The molecule has 2 unspecified atom stereocenters. The van der Waals surface area contributed by atoms with Crippen LogP contribution in [0.3, 0.4) is 0 Å². The van der Waals surface area contributed by atoms with Crippen molar-refractivity contribution in [1.82, 2.24) is 0 Å². The van der Waals surface area contributed by atoms with E-state index in [9.17, 15) is 9.67 Å². The van der Waals surface area contributed by atoms with Crippen LogP contribution in [0.2, 0.25) is 0 Å². The lowest BCUT2D eigenvalue weighted by Gasteiger charge is -2.18. The summed E-state index contributed by atoms with van der Waals surface area (Å²) in [6.45, 7) is 0. The topological polar surface area (TPSA) is 148 Å². The van der Waals surface area contributed by atoms with Crippen molar-refractivity contribution < 1.29 is 39.5 Å². The number of hydrogen-bond donors (Lipinski definition) is 6. The molecule has 0 aromatic carbocycles. The number of ether oxygens (including phenoxy) is 1. The summed E-state index contributed by atoms with van der Waals surface area (Å²) in [4.78, 5) is 17.1. The van der Waals surface area contributed by atoms with Gasteiger partial charge in [-0.3, -0.25) is 4.57 Å². The molecule has 1 aliphatic heterocycles. The normalized spacial score (nSPS) is 39.3. The Balaban J connectivity index is 2.57. The summed E-state index contributed by atoms with van der Waals surface area (Å²) in [5, 5.41) is 36.3. The lowest BCUT2D eigenvalue weighted by atomic mass is 10.1. The fourth-order valence-electron chi connectivity index (χ4n) is 1.27. The van der Waals surface area contributed by atoms with E-state index < -0.39 is 44.5 Å². The van der Waals surface area contributed by atoms with E-state index in [4.69, 9.17) is 25.1 Å². The van der Waals surface area contributed by atoms with Crippen LogP contribution in [-0.4, -0.2) is 60.7 Å². The zero-order chi connectivity index (χ0) is 11.8. The van der Waals surface area contributed by atoms with Crippen molar-refractivity contribution in [3.05, 3.63) is 0 Å². The monoisotopic (exact) mass is 244 g/mol. The first-order chi connectivity index (χ1) is 6.73. The molecule has 1 saturated heterocycles. The Labute approximate surface area is 84.9 Å². The van der Waals surface area contributed by atoms with Gasteiger partial charge in [-0.25, -0.2) is 0 Å². The Morgan fingerprint density at radius 3 is 2.07 bits per heavy atom. The second-order valence-corrected chi connectivity index (χ2v) is 5.13. The van der Waals surface area contributed by atoms with Gasteiger partial charge < -0.3 is 34.9 Å². The average Bonchev–Trinajstić information content (AvgIpc) is 2.32. The molecule has 90 valence electrons. The third-order valence-corrected chi connectivity index (χ3v) is 3.16. The first kappa shape index (κ1) is 13.0. The minimum Gasteiger partial charge on any atom is -0.387 e. The van der Waals surface area contributed by atoms with Gasteiger partial charge in [-0.1, -0.05) is 0 Å². The maximum absolute atomic E-state index is 10.6. The zero-order valence-electron chi connectivity index (χ0n) is 7.54. The second-order valence-electron chi connectivity index (χ2n) is 3.35. The van der Waals surface area contributed by atoms with Crippen LogP contribution >= 0.6 is 7.60 Å². The molecule has 6 N–H and O–H groups in total. The Kier molecular flexibility index (Phi) is 3.85. The quantitative estimate of drug-likeness (QED) is 0.294. The van der Waals surface area contributed by atoms with Crippen molar-refractivity contribution in [1.29, 1.82) is 0 Å². The third-order valence-electron chi connectivity index (χ3n) is 2.17. The molecule has 0 amide bonds. The highest BCUT2D eigenvalue weighted by molar-refractivity contribution is 7.52. The maximum Gasteiger partial charge on any atom is 0.353 e. The lowest BCUT2D eigenvalue weighted by Crippen LogP contribution is -2.33. The molecule has 0 spiro atoms. The largest absolute Gasteiger partial charge is 0.387 e. The summed E-state index contributed by atoms with van der Waals surface area (Å²) in [7, 11) is -4.67. The molecule has 0 aromatic rings. The predicted molar refractivity (Wildman–Crippen MR) is 45.6 cm³/mol. The van der Waals surface area contributed by atoms with Crippen LogP contribution in [-0.2, 0) is 9.30 Å². The molecule has 5 atom stereocenters. The van der Waals surface area contributed by atoms with Crippen LogP contribution in [0.25, 0.3) is 0 Å². The number of aliphatic hydroxyl groups excluding tert-OH is 4. The molecule has 0 saturated carbocycles. The van der Waals surface area contributed by atoms with E-state index in [-0.39, 0.29) is 0 Å². The van der Waals surface area contributed by atoms with Crippen molar-refractivity contribution in [2.24, 2.45) is 0 Å². The Hall–Kier alpha value is -0.0500. The smallest absolute Gasteiger partial charge is 0.353 e. The van der Waals surface area contributed by atoms with Crippen molar-refractivity contribution in [3.8, 4) is 0 Å². The van der Waals surface area contributed by atoms with E-state index in [0.717, 1.165) is 0 Å². The fraction of sp³-hybridized carbons (Fsp3) is 1.00. The van der Waals surface area contributed by atoms with Crippen LogP contribution < -0.4 is 0 Å². The van der Waals surface area contributed by atoms with E-state index >= 15 is 0 Å². The SMILES string of the molecule is O=P(O)(O)C(O)CC1O[C@@H](O)[C@H](O)[C@H]1O. The lowest BCUT2D eigenvalue weighted by molar-refractivity contribution is -0.130. The zero-order valence-corrected chi connectivity index (χ0v) is 8.44. The summed E-state index contributed by atoms with van der Waals surface area (Å²) in [5.41, 5.74) is 0. The van der Waals surface area contributed by atoms with Gasteiger partial charge in [0.05, 0.1) is 6.10 Å². The van der Waals surface area contributed by atoms with Gasteiger partial charge in [0.15, 0.2) is 12.1 Å². The molecule has 0 aromatic heterocycles. The number of hydrogen-bond acceptors (Lipinski definition) is 6. The molecule has 9 heteroatoms. The number of rotatable bonds is 3. The molecular formula is C6H13O8P. The van der Waals surface area contributed by atoms with Crippen LogP contribution in [0.15, 0.2) is 0 Å². The fourth-order valence-corrected chi connectivity index (χ4v) is 1.75. The highest BCUT2D eigenvalue weighted by Gasteiger charge is 2.44. The van der Waals surface area contributed by atoms with Gasteiger partial charge in [0.2, 0.25) is 0 Å². The summed E-state index contributed by atoms with van der Waals surface area (Å²) in [6, 6.07) is 0. The van der Waals surface area contributed by atoms with Crippen molar-refractivity contribution in [2.45, 2.75) is 36.9 Å². The Bertz CT molecular complexity index is 264. The van der Waals surface area contributed by atoms with Crippen molar-refractivity contribution in [2.75, 3.05) is 0 Å². The average molecular weight is 244 g/mol. The molecule has 8 nitrogen and oxygen atoms in total. The standard InChI is InChI=1S/C6H13O8P/c7-3(15(11,12)13)1-2-4(8)5(9)6(10)14-2/h2-10H,1H2,(H2,11,12,13)/t2?,3?,4-,5+,6+/m0/s1. The molecule has 1 fully saturated rings. The molecular weight excluding hydrogens is 231 g/mol. The van der Waals surface area contributed by atoms with Gasteiger partial charge in [0.25, 0.3) is 0 Å². The van der Waals surface area contributed by atoms with Gasteiger partial charge in [0.1, 0.15) is 12.2 Å². The maximum atomic E-state index is 10.6. The van der Waals surface area contributed by atoms with Crippen molar-refractivity contribution in [3.63, 3.8) is 0 Å². The Morgan fingerprint density at radius 1 is 1.20 bits per heavy atom. The molecule has 1 heterocycles. The van der Waals surface area contributed by atoms with Crippen LogP contribution in [0.1, 0.15) is 6.42 Å². The molecule has 0 radical (unpaired) electrons. The minimum absolute atomic E-state index is 0.570. The first-order valence-electron chi connectivity index (χ1n) is 4.16. The highest BCUT2D eigenvalue weighted by Crippen LogP contribution is 2.43. The molecule has 0 aliphatic carbocycles. The molecule has 0 bridgehead atoms. The van der Waals surface area contributed by atoms with Crippen LogP contribution in [0.4, 0.5) is 0 Å². The summed E-state index contributed by atoms with van der Waals surface area (Å²) in [6.07, 6.45) is -6.42. The van der Waals surface area contributed by atoms with Gasteiger partial charge >= 0.3 is 7.60 Å². The van der Waals surface area contributed by atoms with Gasteiger partial charge in [-0.05, 0) is 0 Å².